The largest absolute Gasteiger partial charge is 0.480 e. The Balaban J connectivity index is 2.75. The molecule has 0 aliphatic carbocycles. The number of carboxylic acids is 1. The maximum absolute atomic E-state index is 13.4. The van der Waals surface area contributed by atoms with Gasteiger partial charge in [-0.1, -0.05) is 41.5 Å². The van der Waals surface area contributed by atoms with Gasteiger partial charge in [0.15, 0.2) is 0 Å². The van der Waals surface area contributed by atoms with Crippen LogP contribution in [0.2, 0.25) is 0 Å². The van der Waals surface area contributed by atoms with Crippen molar-refractivity contribution < 1.29 is 53.4 Å². The van der Waals surface area contributed by atoms with E-state index in [9.17, 15) is 53.4 Å². The molecule has 8 amide bonds. The van der Waals surface area contributed by atoms with Crippen LogP contribution in [-0.4, -0.2) is 149 Å². The zero-order chi connectivity index (χ0) is 43.6. The Morgan fingerprint density at radius 3 is 1.86 bits per heavy atom. The fourth-order valence-corrected chi connectivity index (χ4v) is 6.30. The predicted molar refractivity (Wildman–Crippen MR) is 211 cm³/mol. The molecule has 11 N–H and O–H groups in total. The second kappa shape index (κ2) is 25.0. The van der Waals surface area contributed by atoms with E-state index in [0.29, 0.717) is 18.6 Å². The van der Waals surface area contributed by atoms with Crippen molar-refractivity contribution in [3.8, 4) is 0 Å². The molecule has 1 aliphatic heterocycles. The number of aliphatic hydroxyl groups excluding tert-OH is 1. The number of carbonyl (C=O) groups is 9. The highest BCUT2D eigenvalue weighted by atomic mass is 32.2. The van der Waals surface area contributed by atoms with E-state index >= 15 is 0 Å². The number of nitrogens with zero attached hydrogens (tertiary/aromatic N) is 1. The maximum atomic E-state index is 13.4. The molecule has 324 valence electrons. The number of nitrogens with one attached hydrogen (secondary N) is 7. The average molecular weight is 830 g/mol. The predicted octanol–water partition coefficient (Wildman–Crippen LogP) is -2.83. The molecule has 57 heavy (non-hydrogen) atoms. The lowest BCUT2D eigenvalue weighted by Crippen LogP contribution is -2.58. The Labute approximate surface area is 338 Å². The molecule has 0 aromatic carbocycles. The van der Waals surface area contributed by atoms with E-state index in [0.717, 1.165) is 0 Å². The van der Waals surface area contributed by atoms with Crippen LogP contribution >= 0.6 is 11.8 Å². The molecule has 20 nitrogen and oxygen atoms in total. The summed E-state index contributed by atoms with van der Waals surface area (Å²) in [6.07, 6.45) is 3.18. The molecular weight excluding hydrogens is 767 g/mol. The van der Waals surface area contributed by atoms with Crippen molar-refractivity contribution in [1.82, 2.24) is 42.1 Å². The quantitative estimate of drug-likeness (QED) is 0.0470. The van der Waals surface area contributed by atoms with Crippen molar-refractivity contribution in [2.45, 2.75) is 116 Å². The van der Waals surface area contributed by atoms with Crippen LogP contribution in [0, 0.1) is 17.8 Å². The number of amides is 8. The van der Waals surface area contributed by atoms with E-state index < -0.39 is 121 Å². The van der Waals surface area contributed by atoms with Crippen molar-refractivity contribution >= 4 is 65.0 Å². The third kappa shape index (κ3) is 17.3. The van der Waals surface area contributed by atoms with E-state index in [2.05, 4.69) is 37.2 Å². The second-order valence-electron chi connectivity index (χ2n) is 15.1. The number of nitrogens with two attached hydrogens (primary N) is 1. The van der Waals surface area contributed by atoms with Gasteiger partial charge in [0.25, 0.3) is 0 Å². The Kier molecular flexibility index (Phi) is 22.1. The van der Waals surface area contributed by atoms with Gasteiger partial charge in [-0.3, -0.25) is 38.4 Å². The first-order valence-electron chi connectivity index (χ1n) is 19.1. The third-order valence-corrected chi connectivity index (χ3v) is 9.70. The summed E-state index contributed by atoms with van der Waals surface area (Å²) in [6.45, 7) is 9.90. The van der Waals surface area contributed by atoms with E-state index in [-0.39, 0.29) is 31.2 Å². The number of hydrogen-bond acceptors (Lipinski definition) is 12. The van der Waals surface area contributed by atoms with Crippen LogP contribution < -0.4 is 43.0 Å². The van der Waals surface area contributed by atoms with Gasteiger partial charge in [-0.05, 0) is 62.4 Å². The van der Waals surface area contributed by atoms with Crippen molar-refractivity contribution in [1.29, 1.82) is 0 Å². The molecule has 1 heterocycles. The van der Waals surface area contributed by atoms with Crippen LogP contribution in [0.15, 0.2) is 0 Å². The molecular formula is C36H63N9O11S. The fraction of sp³-hybridized carbons (Fsp3) is 0.750. The van der Waals surface area contributed by atoms with E-state index in [4.69, 9.17) is 5.73 Å². The maximum Gasteiger partial charge on any atom is 0.326 e. The Hall–Kier alpha value is -4.50. The zero-order valence-electron chi connectivity index (χ0n) is 34.1. The summed E-state index contributed by atoms with van der Waals surface area (Å²) >= 11 is 1.52. The lowest BCUT2D eigenvalue weighted by molar-refractivity contribution is -0.143. The normalized spacial score (nSPS) is 17.1. The van der Waals surface area contributed by atoms with Crippen LogP contribution in [0.25, 0.3) is 0 Å². The van der Waals surface area contributed by atoms with Gasteiger partial charge in [-0.15, -0.1) is 0 Å². The smallest absolute Gasteiger partial charge is 0.326 e. The van der Waals surface area contributed by atoms with Gasteiger partial charge in [0.2, 0.25) is 47.3 Å². The summed E-state index contributed by atoms with van der Waals surface area (Å²) in [5, 5.41) is 36.5. The van der Waals surface area contributed by atoms with Crippen LogP contribution in [-0.2, 0) is 43.2 Å². The molecule has 1 fully saturated rings. The standard InChI is InChI=1S/C36H63N9O11S/c1-18(2)14-23(36(55)56)42-34(53)29(20(5)6)43-27(48)16-38-32(51)25-10-9-12-45(25)35(54)21(7)40-31(50)24(17-46)41-26(47)15-39-33(52)28(19(3)4)44-30(49)22(37)11-13-57-8/h18-25,28-29,46H,9-17,37H2,1-8H3,(H,38,51)(H,39,52)(H,40,50)(H,41,47)(H,42,53)(H,43,48)(H,44,49)(H,55,56)/t21-,22-,23-,24-,25-,28-,29-/m0/s1. The van der Waals surface area contributed by atoms with Crippen molar-refractivity contribution in [3.05, 3.63) is 0 Å². The lowest BCUT2D eigenvalue weighted by atomic mass is 10.0. The number of aliphatic hydroxyl groups is 1. The first-order valence-corrected chi connectivity index (χ1v) is 20.5. The van der Waals surface area contributed by atoms with Crippen molar-refractivity contribution in [3.63, 3.8) is 0 Å². The summed E-state index contributed by atoms with van der Waals surface area (Å²) in [6, 6.07) is -7.73. The van der Waals surface area contributed by atoms with E-state index in [1.807, 2.05) is 20.1 Å². The molecule has 0 saturated carbocycles. The molecule has 0 bridgehead atoms. The number of likely N-dealkylation sites (tertiary alicyclic amines) is 1. The Morgan fingerprint density at radius 2 is 1.32 bits per heavy atom. The van der Waals surface area contributed by atoms with E-state index in [1.165, 1.54) is 23.6 Å². The average Bonchev–Trinajstić information content (AvgIpc) is 3.64. The molecule has 0 aromatic heterocycles. The van der Waals surface area contributed by atoms with Gasteiger partial charge >= 0.3 is 5.97 Å². The van der Waals surface area contributed by atoms with Crippen molar-refractivity contribution in [2.75, 3.05) is 38.2 Å². The number of carboxylic acid groups (broad SMARTS) is 1. The van der Waals surface area contributed by atoms with Gasteiger partial charge in [0.05, 0.1) is 25.7 Å². The minimum Gasteiger partial charge on any atom is -0.480 e. The van der Waals surface area contributed by atoms with Gasteiger partial charge in [0.1, 0.15) is 36.3 Å². The lowest BCUT2D eigenvalue weighted by Gasteiger charge is -2.28. The van der Waals surface area contributed by atoms with Crippen LogP contribution in [0.1, 0.15) is 74.1 Å². The summed E-state index contributed by atoms with van der Waals surface area (Å²) in [7, 11) is 0. The molecule has 0 spiro atoms. The minimum atomic E-state index is -1.50. The molecule has 0 radical (unpaired) electrons. The molecule has 0 unspecified atom stereocenters. The topological polar surface area (TPSA) is 308 Å². The highest BCUT2D eigenvalue weighted by Gasteiger charge is 2.37. The van der Waals surface area contributed by atoms with Gasteiger partial charge in [0, 0.05) is 6.54 Å². The summed E-state index contributed by atoms with van der Waals surface area (Å²) in [5.74, 6) is -6.93. The molecule has 1 rings (SSSR count). The Bertz CT molecular complexity index is 1430. The highest BCUT2D eigenvalue weighted by molar-refractivity contribution is 7.98. The molecule has 1 aliphatic rings. The third-order valence-electron chi connectivity index (χ3n) is 9.05. The van der Waals surface area contributed by atoms with Crippen LogP contribution in [0.3, 0.4) is 0 Å². The Morgan fingerprint density at radius 1 is 0.737 bits per heavy atom. The highest BCUT2D eigenvalue weighted by Crippen LogP contribution is 2.19. The number of thioether (sulfide) groups is 1. The summed E-state index contributed by atoms with van der Waals surface area (Å²) in [4.78, 5) is 116. The fourth-order valence-electron chi connectivity index (χ4n) is 5.81. The molecule has 7 atom stereocenters. The number of rotatable bonds is 24. The summed E-state index contributed by atoms with van der Waals surface area (Å²) < 4.78 is 0. The SMILES string of the molecule is CSCC[C@H](N)C(=O)N[C@H](C(=O)NCC(=O)N[C@@H](CO)C(=O)N[C@@H](C)C(=O)N1CCC[C@H]1C(=O)NCC(=O)N[C@H](C(=O)N[C@@H](CC(C)C)C(=O)O)C(C)C)C(C)C. The van der Waals surface area contributed by atoms with Crippen LogP contribution in [0.5, 0.6) is 0 Å². The second-order valence-corrected chi connectivity index (χ2v) is 16.1. The summed E-state index contributed by atoms with van der Waals surface area (Å²) in [5.41, 5.74) is 5.90. The first kappa shape index (κ1) is 50.5. The van der Waals surface area contributed by atoms with Gasteiger partial charge in [-0.2, -0.15) is 11.8 Å². The number of aliphatic carboxylic acids is 1. The van der Waals surface area contributed by atoms with E-state index in [1.54, 1.807) is 27.7 Å². The molecule has 21 heteroatoms. The minimum absolute atomic E-state index is 0.0139. The van der Waals surface area contributed by atoms with Crippen LogP contribution in [0.4, 0.5) is 0 Å². The number of hydrogen-bond donors (Lipinski definition) is 10. The zero-order valence-corrected chi connectivity index (χ0v) is 35.0. The number of carbonyl (C=O) groups excluding carboxylic acids is 8. The molecule has 1 saturated heterocycles. The monoisotopic (exact) mass is 829 g/mol. The van der Waals surface area contributed by atoms with Gasteiger partial charge in [-0.25, -0.2) is 4.79 Å². The first-order chi connectivity index (χ1) is 26.6. The van der Waals surface area contributed by atoms with Gasteiger partial charge < -0.3 is 58.1 Å². The molecule has 0 aromatic rings. The van der Waals surface area contributed by atoms with Crippen molar-refractivity contribution in [2.24, 2.45) is 23.5 Å².